The number of phenolic OH excluding ortho intramolecular Hbond substituents is 1. The van der Waals surface area contributed by atoms with Gasteiger partial charge in [-0.2, -0.15) is 0 Å². The van der Waals surface area contributed by atoms with Gasteiger partial charge in [-0.1, -0.05) is 99.0 Å². The molecule has 0 saturated heterocycles. The second-order valence-corrected chi connectivity index (χ2v) is 5.62. The third kappa shape index (κ3) is 24.9. The molecule has 0 fully saturated rings. The molecule has 0 aliphatic rings. The number of para-hydroxylation sites is 1. The summed E-state index contributed by atoms with van der Waals surface area (Å²) in [5, 5.41) is 8.63. The van der Waals surface area contributed by atoms with Gasteiger partial charge in [0.2, 0.25) is 0 Å². The number of hydrogen-bond acceptors (Lipinski definition) is 1. The van der Waals surface area contributed by atoms with Crippen LogP contribution < -0.4 is 0 Å². The Morgan fingerprint density at radius 3 is 1.50 bits per heavy atom. The number of unbranched alkanes of at least 4 members (excludes halogenated alkanes) is 4. The molecule has 1 aromatic rings. The summed E-state index contributed by atoms with van der Waals surface area (Å²) < 4.78 is -0.750. The predicted molar refractivity (Wildman–Crippen MR) is 83.9 cm³/mol. The maximum Gasteiger partial charge on any atom is 0.180 e. The van der Waals surface area contributed by atoms with Gasteiger partial charge in [-0.25, -0.2) is 0 Å². The zero-order valence-corrected chi connectivity index (χ0v) is 13.3. The summed E-state index contributed by atoms with van der Waals surface area (Å²) in [6, 6.07) is 8.71. The van der Waals surface area contributed by atoms with Crippen molar-refractivity contribution in [2.75, 3.05) is 0 Å². The highest BCUT2D eigenvalue weighted by Gasteiger charge is 1.80. The van der Waals surface area contributed by atoms with Crippen molar-refractivity contribution in [1.82, 2.24) is 0 Å². The summed E-state index contributed by atoms with van der Waals surface area (Å²) in [5.74, 6) is 0.322. The number of alkyl halides is 3. The lowest BCUT2D eigenvalue weighted by Crippen LogP contribution is -1.70. The lowest BCUT2D eigenvalue weighted by Gasteiger charge is -1.90. The SMILES string of the molecule is CCCCCCC.ClC(Cl)Cl.Oc1ccccc1. The van der Waals surface area contributed by atoms with Crippen LogP contribution in [0.4, 0.5) is 0 Å². The van der Waals surface area contributed by atoms with Crippen molar-refractivity contribution in [1.29, 1.82) is 0 Å². The smallest absolute Gasteiger partial charge is 0.180 e. The van der Waals surface area contributed by atoms with Crippen molar-refractivity contribution >= 4 is 34.8 Å². The summed E-state index contributed by atoms with van der Waals surface area (Å²) in [6.07, 6.45) is 7.01. The Hall–Kier alpha value is -0.110. The standard InChI is InChI=1S/C7H16.C6H6O.CHCl3/c1-3-5-7-6-4-2;7-6-4-2-1-3-5-6;2-1(3)4/h3-7H2,1-2H3;1-5,7H;1H. The van der Waals surface area contributed by atoms with E-state index in [-0.39, 0.29) is 0 Å². The van der Waals surface area contributed by atoms with Gasteiger partial charge in [0.05, 0.1) is 0 Å². The second-order valence-electron chi connectivity index (χ2n) is 3.64. The van der Waals surface area contributed by atoms with Crippen LogP contribution in [-0.2, 0) is 0 Å². The van der Waals surface area contributed by atoms with Crippen molar-refractivity contribution < 1.29 is 5.11 Å². The molecule has 0 amide bonds. The fourth-order valence-corrected chi connectivity index (χ4v) is 1.10. The van der Waals surface area contributed by atoms with Crippen LogP contribution in [0.1, 0.15) is 46.0 Å². The van der Waals surface area contributed by atoms with E-state index in [1.165, 1.54) is 32.1 Å². The van der Waals surface area contributed by atoms with Crippen molar-refractivity contribution in [2.24, 2.45) is 0 Å². The zero-order chi connectivity index (χ0) is 14.2. The molecule has 0 heterocycles. The third-order valence-electron chi connectivity index (χ3n) is 1.96. The van der Waals surface area contributed by atoms with Gasteiger partial charge in [0.25, 0.3) is 0 Å². The number of aromatic hydroxyl groups is 1. The molecule has 0 radical (unpaired) electrons. The number of benzene rings is 1. The summed E-state index contributed by atoms with van der Waals surface area (Å²) in [4.78, 5) is 0. The maximum atomic E-state index is 8.63. The molecule has 0 unspecified atom stereocenters. The van der Waals surface area contributed by atoms with E-state index in [1.807, 2.05) is 6.07 Å². The first-order valence-electron chi connectivity index (χ1n) is 6.20. The van der Waals surface area contributed by atoms with Gasteiger partial charge in [0.15, 0.2) is 4.30 Å². The van der Waals surface area contributed by atoms with Crippen LogP contribution in [0.2, 0.25) is 0 Å². The molecule has 0 bridgehead atoms. The maximum absolute atomic E-state index is 8.63. The normalized spacial score (nSPS) is 9.00. The first-order chi connectivity index (χ1) is 8.54. The van der Waals surface area contributed by atoms with Crippen molar-refractivity contribution in [2.45, 2.75) is 50.2 Å². The molecule has 0 aliphatic heterocycles. The Kier molecular flexibility index (Phi) is 19.0. The lowest BCUT2D eigenvalue weighted by atomic mass is 10.2. The molecule has 1 N–H and O–H groups in total. The van der Waals surface area contributed by atoms with E-state index < -0.39 is 4.30 Å². The molecule has 0 aromatic heterocycles. The second kappa shape index (κ2) is 16.9. The van der Waals surface area contributed by atoms with Gasteiger partial charge >= 0.3 is 0 Å². The molecule has 1 nitrogen and oxygen atoms in total. The van der Waals surface area contributed by atoms with Crippen LogP contribution in [0.3, 0.4) is 0 Å². The van der Waals surface area contributed by atoms with Gasteiger partial charge in [-0.3, -0.25) is 0 Å². The first kappa shape index (κ1) is 20.2. The first-order valence-corrected chi connectivity index (χ1v) is 7.51. The zero-order valence-electron chi connectivity index (χ0n) is 11.1. The quantitative estimate of drug-likeness (QED) is 0.507. The minimum absolute atomic E-state index is 0.322. The van der Waals surface area contributed by atoms with E-state index in [2.05, 4.69) is 13.8 Å². The Morgan fingerprint density at radius 2 is 1.28 bits per heavy atom. The third-order valence-corrected chi connectivity index (χ3v) is 1.96. The molecule has 0 spiro atoms. The van der Waals surface area contributed by atoms with Gasteiger partial charge < -0.3 is 5.11 Å². The van der Waals surface area contributed by atoms with Crippen LogP contribution in [0.25, 0.3) is 0 Å². The van der Waals surface area contributed by atoms with Gasteiger partial charge in [0, 0.05) is 0 Å². The van der Waals surface area contributed by atoms with Crippen LogP contribution >= 0.6 is 34.8 Å². The summed E-state index contributed by atoms with van der Waals surface area (Å²) in [5.41, 5.74) is 0. The minimum Gasteiger partial charge on any atom is -0.508 e. The van der Waals surface area contributed by atoms with Crippen LogP contribution in [0.5, 0.6) is 5.75 Å². The highest BCUT2D eigenvalue weighted by molar-refractivity contribution is 6.63. The minimum atomic E-state index is -0.750. The Labute approximate surface area is 126 Å². The molecule has 4 heteroatoms. The van der Waals surface area contributed by atoms with Crippen molar-refractivity contribution in [3.63, 3.8) is 0 Å². The molecule has 0 atom stereocenters. The Bertz CT molecular complexity index is 233. The van der Waals surface area contributed by atoms with Crippen molar-refractivity contribution in [3.05, 3.63) is 30.3 Å². The largest absolute Gasteiger partial charge is 0.508 e. The van der Waals surface area contributed by atoms with Gasteiger partial charge in [-0.15, -0.1) is 0 Å². The molecule has 1 rings (SSSR count). The average Bonchev–Trinajstić information content (AvgIpc) is 2.31. The molecule has 0 aliphatic carbocycles. The lowest BCUT2D eigenvalue weighted by molar-refractivity contribution is 0.475. The number of phenols is 1. The molecule has 1 aromatic carbocycles. The number of rotatable bonds is 4. The highest BCUT2D eigenvalue weighted by Crippen LogP contribution is 2.04. The van der Waals surface area contributed by atoms with Gasteiger partial charge in [0.1, 0.15) is 5.75 Å². The summed E-state index contributed by atoms with van der Waals surface area (Å²) in [6.45, 7) is 4.49. The Morgan fingerprint density at radius 1 is 0.889 bits per heavy atom. The highest BCUT2D eigenvalue weighted by atomic mass is 35.6. The van der Waals surface area contributed by atoms with E-state index >= 15 is 0 Å². The number of hydrogen-bond donors (Lipinski definition) is 1. The van der Waals surface area contributed by atoms with Gasteiger partial charge in [-0.05, 0) is 12.1 Å². The van der Waals surface area contributed by atoms with E-state index in [9.17, 15) is 0 Å². The van der Waals surface area contributed by atoms with E-state index in [0.717, 1.165) is 0 Å². The molecule has 0 saturated carbocycles. The molecular weight excluding hydrogens is 291 g/mol. The predicted octanol–water partition coefficient (Wildman–Crippen LogP) is 6.36. The van der Waals surface area contributed by atoms with Crippen molar-refractivity contribution in [3.8, 4) is 5.75 Å². The van der Waals surface area contributed by atoms with E-state index in [1.54, 1.807) is 24.3 Å². The van der Waals surface area contributed by atoms with Crippen LogP contribution in [0, 0.1) is 0 Å². The Balaban J connectivity index is 0. The van der Waals surface area contributed by atoms with E-state index in [0.29, 0.717) is 5.75 Å². The topological polar surface area (TPSA) is 20.2 Å². The van der Waals surface area contributed by atoms with Crippen LogP contribution in [-0.4, -0.2) is 9.40 Å². The fraction of sp³-hybridized carbons (Fsp3) is 0.571. The number of halogens is 3. The molecule has 106 valence electrons. The molecule has 18 heavy (non-hydrogen) atoms. The summed E-state index contributed by atoms with van der Waals surface area (Å²) >= 11 is 14.4. The summed E-state index contributed by atoms with van der Waals surface area (Å²) in [7, 11) is 0. The molecular formula is C14H23Cl3O. The average molecular weight is 314 g/mol. The monoisotopic (exact) mass is 312 g/mol. The van der Waals surface area contributed by atoms with E-state index in [4.69, 9.17) is 39.9 Å². The fourth-order valence-electron chi connectivity index (χ4n) is 1.10. The van der Waals surface area contributed by atoms with Crippen LogP contribution in [0.15, 0.2) is 30.3 Å².